The highest BCUT2D eigenvalue weighted by atomic mass is 35.5. The van der Waals surface area contributed by atoms with E-state index in [1.54, 1.807) is 0 Å². The summed E-state index contributed by atoms with van der Waals surface area (Å²) >= 11 is 6.15. The predicted molar refractivity (Wildman–Crippen MR) is 62.3 cm³/mol. The van der Waals surface area contributed by atoms with Crippen molar-refractivity contribution in [3.05, 3.63) is 34.9 Å². The summed E-state index contributed by atoms with van der Waals surface area (Å²) in [5.74, 6) is 0.487. The Kier molecular flexibility index (Phi) is 3.62. The van der Waals surface area contributed by atoms with Gasteiger partial charge in [-0.25, -0.2) is 0 Å². The third-order valence-electron chi connectivity index (χ3n) is 3.08. The summed E-state index contributed by atoms with van der Waals surface area (Å²) in [5, 5.41) is 13.2. The molecule has 0 radical (unpaired) electrons. The Morgan fingerprint density at radius 3 is 2.73 bits per heavy atom. The first kappa shape index (κ1) is 10.9. The van der Waals surface area contributed by atoms with Crippen LogP contribution in [0.4, 0.5) is 0 Å². The van der Waals surface area contributed by atoms with Gasteiger partial charge in [0.15, 0.2) is 0 Å². The molecule has 2 nitrogen and oxygen atoms in total. The third-order valence-corrected chi connectivity index (χ3v) is 3.43. The Morgan fingerprint density at radius 2 is 2.13 bits per heavy atom. The van der Waals surface area contributed by atoms with Crippen molar-refractivity contribution in [1.29, 1.82) is 0 Å². The highest BCUT2D eigenvalue weighted by Crippen LogP contribution is 2.30. The Bertz CT molecular complexity index is 321. The summed E-state index contributed by atoms with van der Waals surface area (Å²) in [4.78, 5) is 0. The molecule has 2 unspecified atom stereocenters. The molecule has 2 N–H and O–H groups in total. The van der Waals surface area contributed by atoms with Gasteiger partial charge in [0, 0.05) is 17.6 Å². The number of aliphatic hydroxyl groups is 1. The van der Waals surface area contributed by atoms with Gasteiger partial charge in [-0.15, -0.1) is 0 Å². The van der Waals surface area contributed by atoms with Crippen LogP contribution in [0.3, 0.4) is 0 Å². The molecule has 15 heavy (non-hydrogen) atoms. The van der Waals surface area contributed by atoms with E-state index in [-0.39, 0.29) is 12.6 Å². The molecular formula is C12H16ClNO. The molecule has 82 valence electrons. The van der Waals surface area contributed by atoms with Crippen molar-refractivity contribution in [2.75, 3.05) is 13.2 Å². The van der Waals surface area contributed by atoms with Gasteiger partial charge < -0.3 is 10.4 Å². The van der Waals surface area contributed by atoms with Crippen LogP contribution in [-0.2, 0) is 0 Å². The van der Waals surface area contributed by atoms with Crippen LogP contribution >= 0.6 is 11.6 Å². The molecule has 1 aliphatic rings. The van der Waals surface area contributed by atoms with Crippen LogP contribution in [0.25, 0.3) is 0 Å². The van der Waals surface area contributed by atoms with E-state index < -0.39 is 0 Å². The first-order valence-corrected chi connectivity index (χ1v) is 5.77. The highest BCUT2D eigenvalue weighted by Gasteiger charge is 2.22. The minimum absolute atomic E-state index is 0.231. The lowest BCUT2D eigenvalue weighted by Gasteiger charge is -2.29. The average molecular weight is 226 g/mol. The summed E-state index contributed by atoms with van der Waals surface area (Å²) in [6.07, 6.45) is 2.12. The lowest BCUT2D eigenvalue weighted by molar-refractivity contribution is 0.213. The number of rotatable bonds is 2. The topological polar surface area (TPSA) is 32.3 Å². The number of nitrogens with one attached hydrogen (secondary N) is 1. The maximum Gasteiger partial charge on any atom is 0.0584 e. The van der Waals surface area contributed by atoms with Gasteiger partial charge in [-0.05, 0) is 30.4 Å². The quantitative estimate of drug-likeness (QED) is 0.809. The van der Waals surface area contributed by atoms with Crippen molar-refractivity contribution >= 4 is 11.6 Å². The molecule has 0 spiro atoms. The molecule has 1 heterocycles. The number of hydrogen-bond donors (Lipinski definition) is 2. The molecule has 0 aromatic heterocycles. The zero-order valence-electron chi connectivity index (χ0n) is 8.62. The molecule has 3 heteroatoms. The van der Waals surface area contributed by atoms with Crippen molar-refractivity contribution in [3.8, 4) is 0 Å². The summed E-state index contributed by atoms with van der Waals surface area (Å²) in [5.41, 5.74) is 1.23. The molecule has 1 saturated heterocycles. The van der Waals surface area contributed by atoms with E-state index in [4.69, 9.17) is 16.7 Å². The van der Waals surface area contributed by atoms with E-state index in [9.17, 15) is 0 Å². The van der Waals surface area contributed by atoms with Crippen LogP contribution in [0.1, 0.15) is 24.3 Å². The van der Waals surface area contributed by atoms with Crippen molar-refractivity contribution in [3.63, 3.8) is 0 Å². The highest BCUT2D eigenvalue weighted by molar-refractivity contribution is 6.31. The molecule has 1 aromatic carbocycles. The molecule has 2 rings (SSSR count). The average Bonchev–Trinajstić information content (AvgIpc) is 2.30. The monoisotopic (exact) mass is 225 g/mol. The molecule has 0 amide bonds. The van der Waals surface area contributed by atoms with Crippen LogP contribution < -0.4 is 5.32 Å². The lowest BCUT2D eigenvalue weighted by atomic mass is 9.89. The maximum absolute atomic E-state index is 9.01. The largest absolute Gasteiger partial charge is 0.395 e. The first-order chi connectivity index (χ1) is 7.31. The number of aliphatic hydroxyl groups excluding tert-OH is 1. The number of benzene rings is 1. The minimum atomic E-state index is 0.231. The zero-order chi connectivity index (χ0) is 10.7. The van der Waals surface area contributed by atoms with Crippen molar-refractivity contribution < 1.29 is 5.11 Å². The Labute approximate surface area is 95.3 Å². The van der Waals surface area contributed by atoms with Crippen molar-refractivity contribution in [2.24, 2.45) is 0 Å². The summed E-state index contributed by atoms with van der Waals surface area (Å²) in [6.45, 7) is 1.14. The minimum Gasteiger partial charge on any atom is -0.395 e. The van der Waals surface area contributed by atoms with Crippen molar-refractivity contribution in [2.45, 2.75) is 24.8 Å². The van der Waals surface area contributed by atoms with Gasteiger partial charge in [0.05, 0.1) is 6.61 Å². The van der Waals surface area contributed by atoms with Crippen LogP contribution in [0, 0.1) is 0 Å². The fourth-order valence-electron chi connectivity index (χ4n) is 2.14. The van der Waals surface area contributed by atoms with Crippen LogP contribution in [-0.4, -0.2) is 24.3 Å². The molecule has 0 aliphatic carbocycles. The molecule has 0 bridgehead atoms. The number of hydrogen-bond acceptors (Lipinski definition) is 2. The normalized spacial score (nSPS) is 26.5. The molecular weight excluding hydrogens is 210 g/mol. The van der Waals surface area contributed by atoms with Crippen molar-refractivity contribution in [1.82, 2.24) is 5.32 Å². The molecule has 1 aliphatic heterocycles. The molecule has 0 saturated carbocycles. The summed E-state index contributed by atoms with van der Waals surface area (Å²) in [6, 6.07) is 8.28. The fraction of sp³-hybridized carbons (Fsp3) is 0.500. The van der Waals surface area contributed by atoms with Gasteiger partial charge in [-0.1, -0.05) is 29.8 Å². The first-order valence-electron chi connectivity index (χ1n) is 5.40. The van der Waals surface area contributed by atoms with Gasteiger partial charge in [0.2, 0.25) is 0 Å². The van der Waals surface area contributed by atoms with Crippen LogP contribution in [0.15, 0.2) is 24.3 Å². The van der Waals surface area contributed by atoms with Gasteiger partial charge >= 0.3 is 0 Å². The number of piperidine rings is 1. The van der Waals surface area contributed by atoms with E-state index in [0.29, 0.717) is 5.92 Å². The standard InChI is InChI=1S/C12H16ClNO/c13-12-4-2-1-3-11(12)9-5-6-10(8-15)14-7-9/h1-4,9-10,14-15H,5-8H2. The molecule has 2 atom stereocenters. The number of halogens is 1. The smallest absolute Gasteiger partial charge is 0.0584 e. The van der Waals surface area contributed by atoms with Gasteiger partial charge in [-0.2, -0.15) is 0 Å². The molecule has 1 fully saturated rings. The third kappa shape index (κ3) is 2.51. The van der Waals surface area contributed by atoms with Crippen LogP contribution in [0.5, 0.6) is 0 Å². The van der Waals surface area contributed by atoms with Gasteiger partial charge in [0.25, 0.3) is 0 Å². The van der Waals surface area contributed by atoms with E-state index in [1.165, 1.54) is 5.56 Å². The Balaban J connectivity index is 2.04. The SMILES string of the molecule is OCC1CCC(c2ccccc2Cl)CN1. The summed E-state index contributed by atoms with van der Waals surface area (Å²) < 4.78 is 0. The second-order valence-corrected chi connectivity index (χ2v) is 4.49. The Hall–Kier alpha value is -0.570. The maximum atomic E-state index is 9.01. The summed E-state index contributed by atoms with van der Waals surface area (Å²) in [7, 11) is 0. The lowest BCUT2D eigenvalue weighted by Crippen LogP contribution is -2.40. The van der Waals surface area contributed by atoms with E-state index in [2.05, 4.69) is 11.4 Å². The van der Waals surface area contributed by atoms with E-state index in [1.807, 2.05) is 18.2 Å². The zero-order valence-corrected chi connectivity index (χ0v) is 9.37. The fourth-order valence-corrected chi connectivity index (χ4v) is 2.43. The van der Waals surface area contributed by atoms with Crippen LogP contribution in [0.2, 0.25) is 5.02 Å². The van der Waals surface area contributed by atoms with E-state index >= 15 is 0 Å². The second-order valence-electron chi connectivity index (χ2n) is 4.08. The van der Waals surface area contributed by atoms with E-state index in [0.717, 1.165) is 24.4 Å². The molecule has 1 aromatic rings. The second kappa shape index (κ2) is 4.97. The van der Waals surface area contributed by atoms with Gasteiger partial charge in [0.1, 0.15) is 0 Å². The predicted octanol–water partition coefficient (Wildman–Crippen LogP) is 2.17. The Morgan fingerprint density at radius 1 is 1.33 bits per heavy atom. The van der Waals surface area contributed by atoms with Gasteiger partial charge in [-0.3, -0.25) is 0 Å².